The number of aromatic nitrogens is 3. The molecule has 8 rings (SSSR count). The van der Waals surface area contributed by atoms with Crippen LogP contribution in [0.3, 0.4) is 0 Å². The lowest BCUT2D eigenvalue weighted by Gasteiger charge is -2.37. The summed E-state index contributed by atoms with van der Waals surface area (Å²) in [6.07, 6.45) is 2.63. The number of carbonyl (C=O) groups is 2. The minimum Gasteiger partial charge on any atom is -0.494 e. The van der Waals surface area contributed by atoms with Crippen LogP contribution in [0.5, 0.6) is 11.5 Å². The summed E-state index contributed by atoms with van der Waals surface area (Å²) >= 11 is 0. The molecule has 11 heteroatoms. The van der Waals surface area contributed by atoms with Crippen LogP contribution in [0, 0.1) is 6.92 Å². The van der Waals surface area contributed by atoms with Gasteiger partial charge in [-0.25, -0.2) is 4.98 Å². The van der Waals surface area contributed by atoms with E-state index in [0.29, 0.717) is 67.2 Å². The van der Waals surface area contributed by atoms with Crippen molar-refractivity contribution < 1.29 is 23.6 Å². The molecular weight excluding hydrogens is 586 g/mol. The topological polar surface area (TPSA) is 120 Å². The lowest BCUT2D eigenvalue weighted by molar-refractivity contribution is -0.132. The van der Waals surface area contributed by atoms with Crippen molar-refractivity contribution in [2.75, 3.05) is 32.8 Å². The predicted molar refractivity (Wildman–Crippen MR) is 169 cm³/mol. The van der Waals surface area contributed by atoms with E-state index in [1.807, 2.05) is 53.4 Å². The van der Waals surface area contributed by atoms with Crippen LogP contribution < -0.4 is 15.0 Å². The van der Waals surface area contributed by atoms with Crippen LogP contribution >= 0.6 is 0 Å². The van der Waals surface area contributed by atoms with Crippen molar-refractivity contribution in [3.63, 3.8) is 0 Å². The van der Waals surface area contributed by atoms with Crippen molar-refractivity contribution in [3.8, 4) is 11.5 Å². The first-order chi connectivity index (χ1) is 22.4. The number of aryl methyl sites for hydroxylation is 1. The highest BCUT2D eigenvalue weighted by atomic mass is 16.5. The molecule has 3 aliphatic rings. The third kappa shape index (κ3) is 5.83. The molecular formula is C35H33N5O6. The molecule has 0 saturated carbocycles. The van der Waals surface area contributed by atoms with Gasteiger partial charge in [0, 0.05) is 19.2 Å². The lowest BCUT2D eigenvalue weighted by Crippen LogP contribution is -2.41. The van der Waals surface area contributed by atoms with Crippen LogP contribution in [-0.2, 0) is 17.8 Å². The van der Waals surface area contributed by atoms with Gasteiger partial charge in [0.15, 0.2) is 5.69 Å². The van der Waals surface area contributed by atoms with E-state index in [9.17, 15) is 14.4 Å². The Morgan fingerprint density at radius 3 is 2.63 bits per heavy atom. The maximum absolute atomic E-state index is 13.7. The van der Waals surface area contributed by atoms with Crippen LogP contribution in [0.4, 0.5) is 0 Å². The first-order valence-corrected chi connectivity index (χ1v) is 15.4. The Hall–Kier alpha value is -5.45. The molecule has 46 heavy (non-hydrogen) atoms. The Morgan fingerprint density at radius 2 is 1.76 bits per heavy atom. The predicted octanol–water partition coefficient (Wildman–Crippen LogP) is 4.17. The molecule has 0 fully saturated rings. The number of hydrogen-bond acceptors (Lipinski definition) is 8. The van der Waals surface area contributed by atoms with Gasteiger partial charge in [-0.2, -0.15) is 0 Å². The van der Waals surface area contributed by atoms with Gasteiger partial charge < -0.3 is 23.8 Å². The minimum atomic E-state index is -0.347. The molecule has 3 aliphatic heterocycles. The number of benzene rings is 3. The molecule has 2 amide bonds. The molecule has 2 aromatic heterocycles. The molecule has 0 aliphatic carbocycles. The molecule has 5 aromatic rings. The van der Waals surface area contributed by atoms with Gasteiger partial charge in [0.1, 0.15) is 30.4 Å². The monoisotopic (exact) mass is 619 g/mol. The summed E-state index contributed by atoms with van der Waals surface area (Å²) in [5, 5.41) is 4.46. The Labute approximate surface area is 264 Å². The number of nitrogens with zero attached hydrogens (tertiary/aromatic N) is 5. The fourth-order valence-corrected chi connectivity index (χ4v) is 6.20. The van der Waals surface area contributed by atoms with Crippen LogP contribution in [0.25, 0.3) is 10.9 Å². The Balaban J connectivity index is 1.15. The molecule has 0 radical (unpaired) electrons. The second-order valence-electron chi connectivity index (χ2n) is 11.5. The fourth-order valence-electron chi connectivity index (χ4n) is 6.20. The van der Waals surface area contributed by atoms with Crippen LogP contribution in [0.1, 0.15) is 45.4 Å². The summed E-state index contributed by atoms with van der Waals surface area (Å²) in [7, 11) is 0. The molecule has 0 saturated heterocycles. The number of hydrogen-bond donors (Lipinski definition) is 0. The van der Waals surface area contributed by atoms with E-state index < -0.39 is 0 Å². The minimum absolute atomic E-state index is 0.122. The van der Waals surface area contributed by atoms with Crippen molar-refractivity contribution in [3.05, 3.63) is 118 Å². The standard InChI is InChI=1S/C35H33N5O6/c1-23-18-31(37-46-23)35(43)40-14-12-24-19-27-10-11-28(24)33(40)25-6-4-7-26(20-25)44-16-5-13-38(15-17-45-27)32(41)21-39-22-36-30-9-3-2-8-29(30)34(39)42/h2-4,6-11,18-20,22,33H,5,12-17,21H2,1H3. The van der Waals surface area contributed by atoms with Gasteiger partial charge in [0.05, 0.1) is 36.4 Å². The molecule has 6 bridgehead atoms. The zero-order chi connectivity index (χ0) is 31.6. The lowest BCUT2D eigenvalue weighted by atomic mass is 9.87. The Kier molecular flexibility index (Phi) is 7.96. The third-order valence-corrected chi connectivity index (χ3v) is 8.49. The van der Waals surface area contributed by atoms with E-state index in [-0.39, 0.29) is 42.3 Å². The largest absolute Gasteiger partial charge is 0.494 e. The molecule has 234 valence electrons. The smallest absolute Gasteiger partial charge is 0.276 e. The normalized spacial score (nSPS) is 16.6. The van der Waals surface area contributed by atoms with Crippen LogP contribution in [-0.4, -0.2) is 69.2 Å². The zero-order valence-electron chi connectivity index (χ0n) is 25.4. The molecule has 0 spiro atoms. The van der Waals surface area contributed by atoms with Gasteiger partial charge in [-0.1, -0.05) is 35.5 Å². The molecule has 1 unspecified atom stereocenters. The maximum atomic E-state index is 13.7. The third-order valence-electron chi connectivity index (χ3n) is 8.49. The van der Waals surface area contributed by atoms with E-state index in [1.165, 1.54) is 10.9 Å². The second kappa shape index (κ2) is 12.5. The number of fused-ring (bicyclic) bond motifs is 9. The first-order valence-electron chi connectivity index (χ1n) is 15.4. The van der Waals surface area contributed by atoms with Gasteiger partial charge >= 0.3 is 0 Å². The highest BCUT2D eigenvalue weighted by Crippen LogP contribution is 2.38. The summed E-state index contributed by atoms with van der Waals surface area (Å²) in [5.74, 6) is 1.55. The SMILES string of the molecule is Cc1cc(C(=O)N2CCc3cc4ccc3C2c2cccc(c2)OCCCN(C(=O)Cn2cnc3ccccc3c2=O)CCO4)no1. The summed E-state index contributed by atoms with van der Waals surface area (Å²) in [5.41, 5.74) is 3.62. The van der Waals surface area contributed by atoms with Crippen molar-refractivity contribution in [1.29, 1.82) is 0 Å². The Morgan fingerprint density at radius 1 is 0.913 bits per heavy atom. The van der Waals surface area contributed by atoms with Crippen LogP contribution in [0.15, 0.2) is 88.4 Å². The average molecular weight is 620 g/mol. The number of amides is 2. The zero-order valence-corrected chi connectivity index (χ0v) is 25.4. The summed E-state index contributed by atoms with van der Waals surface area (Å²) in [6, 6.07) is 22.1. The number of carbonyl (C=O) groups excluding carboxylic acids is 2. The van der Waals surface area contributed by atoms with Gasteiger partial charge in [-0.05, 0) is 72.9 Å². The highest BCUT2D eigenvalue weighted by molar-refractivity contribution is 5.93. The van der Waals surface area contributed by atoms with Gasteiger partial charge in [-0.15, -0.1) is 0 Å². The van der Waals surface area contributed by atoms with E-state index in [2.05, 4.69) is 10.1 Å². The van der Waals surface area contributed by atoms with Crippen molar-refractivity contribution >= 4 is 22.7 Å². The molecule has 1 atom stereocenters. The first kappa shape index (κ1) is 29.3. The molecule has 0 N–H and O–H groups in total. The van der Waals surface area contributed by atoms with Crippen LogP contribution in [0.2, 0.25) is 0 Å². The summed E-state index contributed by atoms with van der Waals surface area (Å²) in [6.45, 7) is 3.53. The molecule has 11 nitrogen and oxygen atoms in total. The average Bonchev–Trinajstić information content (AvgIpc) is 3.52. The van der Waals surface area contributed by atoms with E-state index in [4.69, 9.17) is 14.0 Å². The molecule has 3 aromatic carbocycles. The van der Waals surface area contributed by atoms with Crippen molar-refractivity contribution in [2.45, 2.75) is 32.4 Å². The quantitative estimate of drug-likeness (QED) is 0.295. The Bertz CT molecular complexity index is 1980. The van der Waals surface area contributed by atoms with Crippen molar-refractivity contribution in [2.24, 2.45) is 0 Å². The number of rotatable bonds is 3. The maximum Gasteiger partial charge on any atom is 0.276 e. The second-order valence-corrected chi connectivity index (χ2v) is 11.5. The molecule has 5 heterocycles. The van der Waals surface area contributed by atoms with E-state index in [0.717, 1.165) is 16.7 Å². The van der Waals surface area contributed by atoms with Crippen molar-refractivity contribution in [1.82, 2.24) is 24.5 Å². The van der Waals surface area contributed by atoms with Gasteiger partial charge in [0.25, 0.3) is 11.5 Å². The highest BCUT2D eigenvalue weighted by Gasteiger charge is 2.34. The van der Waals surface area contributed by atoms with E-state index >= 15 is 0 Å². The summed E-state index contributed by atoms with van der Waals surface area (Å²) in [4.78, 5) is 48.1. The number of para-hydroxylation sites is 1. The fraction of sp³-hybridized carbons (Fsp3) is 0.286. The summed E-state index contributed by atoms with van der Waals surface area (Å²) < 4.78 is 18.9. The van der Waals surface area contributed by atoms with Gasteiger partial charge in [0.2, 0.25) is 5.91 Å². The number of ether oxygens (including phenoxy) is 2. The van der Waals surface area contributed by atoms with Gasteiger partial charge in [-0.3, -0.25) is 19.0 Å². The van der Waals surface area contributed by atoms with E-state index in [1.54, 1.807) is 36.1 Å².